The SMILES string of the molecule is CC1(C(=O)Nc2ccccc2C(=O)Nc2nc3ccccc3s2)C=C(Cl)N(c2ccc(Cl)cc2)N1. The van der Waals surface area contributed by atoms with E-state index in [0.717, 1.165) is 15.9 Å². The first-order valence-corrected chi connectivity index (χ1v) is 12.2. The van der Waals surface area contributed by atoms with E-state index in [1.54, 1.807) is 66.5 Å². The van der Waals surface area contributed by atoms with E-state index in [1.165, 1.54) is 11.3 Å². The molecule has 176 valence electrons. The summed E-state index contributed by atoms with van der Waals surface area (Å²) in [5.74, 6) is -0.756. The monoisotopic (exact) mass is 523 g/mol. The zero-order chi connectivity index (χ0) is 24.6. The molecule has 1 aliphatic rings. The predicted molar refractivity (Wildman–Crippen MR) is 142 cm³/mol. The Morgan fingerprint density at radius 3 is 2.46 bits per heavy atom. The van der Waals surface area contributed by atoms with Gasteiger partial charge in [0.05, 0.1) is 27.2 Å². The molecular formula is C25H19Cl2N5O2S. The normalized spacial score (nSPS) is 17.3. The fourth-order valence-corrected chi connectivity index (χ4v) is 4.99. The molecule has 2 amide bonds. The number of hydrogen-bond acceptors (Lipinski definition) is 6. The number of halogens is 2. The molecule has 1 aromatic heterocycles. The van der Waals surface area contributed by atoms with Crippen molar-refractivity contribution in [2.24, 2.45) is 0 Å². The number of rotatable bonds is 5. The second kappa shape index (κ2) is 9.31. The van der Waals surface area contributed by atoms with Crippen molar-refractivity contribution >= 4 is 73.1 Å². The van der Waals surface area contributed by atoms with E-state index in [2.05, 4.69) is 21.0 Å². The van der Waals surface area contributed by atoms with E-state index in [9.17, 15) is 9.59 Å². The molecule has 0 saturated heterocycles. The van der Waals surface area contributed by atoms with Gasteiger partial charge in [-0.05, 0) is 61.5 Å². The molecule has 4 aromatic rings. The molecule has 0 fully saturated rings. The lowest BCUT2D eigenvalue weighted by Crippen LogP contribution is -2.53. The summed E-state index contributed by atoms with van der Waals surface area (Å²) < 4.78 is 0.971. The fraction of sp³-hybridized carbons (Fsp3) is 0.0800. The van der Waals surface area contributed by atoms with E-state index < -0.39 is 5.54 Å². The molecule has 35 heavy (non-hydrogen) atoms. The van der Waals surface area contributed by atoms with Crippen molar-refractivity contribution in [3.8, 4) is 0 Å². The largest absolute Gasteiger partial charge is 0.323 e. The minimum absolute atomic E-state index is 0.311. The van der Waals surface area contributed by atoms with E-state index in [4.69, 9.17) is 23.2 Å². The lowest BCUT2D eigenvalue weighted by Gasteiger charge is -2.27. The van der Waals surface area contributed by atoms with Crippen LogP contribution >= 0.6 is 34.5 Å². The van der Waals surface area contributed by atoms with Gasteiger partial charge >= 0.3 is 0 Å². The van der Waals surface area contributed by atoms with Gasteiger partial charge in [0.25, 0.3) is 5.91 Å². The van der Waals surface area contributed by atoms with Gasteiger partial charge in [-0.2, -0.15) is 0 Å². The van der Waals surface area contributed by atoms with E-state index in [-0.39, 0.29) is 11.8 Å². The van der Waals surface area contributed by atoms with Crippen LogP contribution in [0.2, 0.25) is 5.02 Å². The van der Waals surface area contributed by atoms with Crippen LogP contribution in [0.25, 0.3) is 10.2 Å². The van der Waals surface area contributed by atoms with Crippen molar-refractivity contribution in [3.05, 3.63) is 94.6 Å². The number of para-hydroxylation sites is 2. The second-order valence-electron chi connectivity index (χ2n) is 8.03. The fourth-order valence-electron chi connectivity index (χ4n) is 3.65. The first kappa shape index (κ1) is 23.3. The Balaban J connectivity index is 1.33. The minimum atomic E-state index is -1.16. The first-order chi connectivity index (χ1) is 16.8. The Labute approximate surface area is 215 Å². The number of carbonyl (C=O) groups is 2. The van der Waals surface area contributed by atoms with Crippen molar-refractivity contribution in [3.63, 3.8) is 0 Å². The highest BCUT2D eigenvalue weighted by Crippen LogP contribution is 2.31. The smallest absolute Gasteiger partial charge is 0.259 e. The van der Waals surface area contributed by atoms with Crippen molar-refractivity contribution in [2.75, 3.05) is 15.6 Å². The Kier molecular flexibility index (Phi) is 6.21. The van der Waals surface area contributed by atoms with Crippen molar-refractivity contribution in [1.29, 1.82) is 0 Å². The molecule has 0 saturated carbocycles. The number of fused-ring (bicyclic) bond motifs is 1. The van der Waals surface area contributed by atoms with E-state index in [0.29, 0.717) is 26.6 Å². The van der Waals surface area contributed by atoms with Crippen LogP contribution in [0.5, 0.6) is 0 Å². The topological polar surface area (TPSA) is 86.4 Å². The zero-order valence-corrected chi connectivity index (χ0v) is 20.7. The summed E-state index contributed by atoms with van der Waals surface area (Å²) in [6.07, 6.45) is 1.61. The third-order valence-electron chi connectivity index (χ3n) is 5.46. The van der Waals surface area contributed by atoms with E-state index >= 15 is 0 Å². The highest BCUT2D eigenvalue weighted by Gasteiger charge is 2.40. The van der Waals surface area contributed by atoms with Crippen LogP contribution in [-0.2, 0) is 4.79 Å². The number of carbonyl (C=O) groups excluding carboxylic acids is 2. The van der Waals surface area contributed by atoms with Crippen LogP contribution in [-0.4, -0.2) is 22.3 Å². The van der Waals surface area contributed by atoms with Crippen molar-refractivity contribution < 1.29 is 9.59 Å². The van der Waals surface area contributed by atoms with Crippen LogP contribution in [0, 0.1) is 0 Å². The maximum absolute atomic E-state index is 13.3. The molecule has 1 aliphatic heterocycles. The Morgan fingerprint density at radius 1 is 0.971 bits per heavy atom. The molecule has 10 heteroatoms. The first-order valence-electron chi connectivity index (χ1n) is 10.6. The molecule has 0 spiro atoms. The summed E-state index contributed by atoms with van der Waals surface area (Å²) >= 11 is 13.8. The molecule has 7 nitrogen and oxygen atoms in total. The minimum Gasteiger partial charge on any atom is -0.323 e. The Bertz CT molecular complexity index is 1440. The third kappa shape index (κ3) is 4.74. The van der Waals surface area contributed by atoms with Crippen LogP contribution < -0.4 is 21.1 Å². The number of nitrogens with zero attached hydrogens (tertiary/aromatic N) is 2. The van der Waals surface area contributed by atoms with Gasteiger partial charge in [-0.25, -0.2) is 10.4 Å². The zero-order valence-electron chi connectivity index (χ0n) is 18.4. The third-order valence-corrected chi connectivity index (χ3v) is 6.94. The maximum atomic E-state index is 13.3. The Hall–Kier alpha value is -3.43. The number of hydrogen-bond donors (Lipinski definition) is 3. The number of hydrazine groups is 1. The quantitative estimate of drug-likeness (QED) is 0.279. The molecule has 0 bridgehead atoms. The van der Waals surface area contributed by atoms with Gasteiger partial charge in [0.2, 0.25) is 5.91 Å². The predicted octanol–water partition coefficient (Wildman–Crippen LogP) is 6.00. The lowest BCUT2D eigenvalue weighted by atomic mass is 10.0. The summed E-state index contributed by atoms with van der Waals surface area (Å²) in [4.78, 5) is 30.8. The molecule has 3 aromatic carbocycles. The van der Waals surface area contributed by atoms with Crippen LogP contribution in [0.1, 0.15) is 17.3 Å². The van der Waals surface area contributed by atoms with Gasteiger partial charge in [-0.3, -0.25) is 19.9 Å². The second-order valence-corrected chi connectivity index (χ2v) is 9.89. The van der Waals surface area contributed by atoms with Crippen molar-refractivity contribution in [2.45, 2.75) is 12.5 Å². The number of thiazole rings is 1. The highest BCUT2D eigenvalue weighted by molar-refractivity contribution is 7.22. The van der Waals surface area contributed by atoms with Gasteiger partial charge in [0.15, 0.2) is 5.13 Å². The summed E-state index contributed by atoms with van der Waals surface area (Å²) in [6, 6.07) is 21.5. The van der Waals surface area contributed by atoms with Gasteiger partial charge in [-0.1, -0.05) is 58.8 Å². The molecule has 1 atom stereocenters. The van der Waals surface area contributed by atoms with Crippen LogP contribution in [0.15, 0.2) is 84.0 Å². The standard InChI is InChI=1S/C25H19Cl2N5O2S/c1-25(14-21(27)32(31-25)16-12-10-15(26)11-13-16)23(34)28-18-7-3-2-6-17(18)22(33)30-24-29-19-8-4-5-9-20(19)35-24/h2-14,31H,1H3,(H,28,34)(H,29,30,33). The molecule has 1 unspecified atom stereocenters. The number of anilines is 3. The molecule has 0 radical (unpaired) electrons. The summed E-state index contributed by atoms with van der Waals surface area (Å²) in [6.45, 7) is 1.70. The van der Waals surface area contributed by atoms with Gasteiger partial charge in [-0.15, -0.1) is 0 Å². The summed E-state index contributed by atoms with van der Waals surface area (Å²) in [5, 5.41) is 8.70. The number of aromatic nitrogens is 1. The van der Waals surface area contributed by atoms with Crippen LogP contribution in [0.4, 0.5) is 16.5 Å². The number of benzene rings is 3. The average Bonchev–Trinajstić information content (AvgIpc) is 3.39. The highest BCUT2D eigenvalue weighted by atomic mass is 35.5. The molecule has 0 aliphatic carbocycles. The molecule has 3 N–H and O–H groups in total. The number of nitrogens with one attached hydrogen (secondary N) is 3. The van der Waals surface area contributed by atoms with Crippen LogP contribution in [0.3, 0.4) is 0 Å². The Morgan fingerprint density at radius 2 is 1.69 bits per heavy atom. The molecular weight excluding hydrogens is 505 g/mol. The maximum Gasteiger partial charge on any atom is 0.259 e. The summed E-state index contributed by atoms with van der Waals surface area (Å²) in [7, 11) is 0. The van der Waals surface area contributed by atoms with Gasteiger partial charge < -0.3 is 5.32 Å². The van der Waals surface area contributed by atoms with Crippen molar-refractivity contribution in [1.82, 2.24) is 10.4 Å². The average molecular weight is 524 g/mol. The lowest BCUT2D eigenvalue weighted by molar-refractivity contribution is -0.120. The van der Waals surface area contributed by atoms with E-state index in [1.807, 2.05) is 24.3 Å². The molecule has 2 heterocycles. The summed E-state index contributed by atoms with van der Waals surface area (Å²) in [5.41, 5.74) is 4.18. The number of amides is 2. The van der Waals surface area contributed by atoms with Gasteiger partial charge in [0.1, 0.15) is 10.7 Å². The molecule has 5 rings (SSSR count). The van der Waals surface area contributed by atoms with Gasteiger partial charge in [0, 0.05) is 5.02 Å².